The molecule has 1 aliphatic rings. The van der Waals surface area contributed by atoms with Gasteiger partial charge in [0.1, 0.15) is 18.1 Å². The first-order chi connectivity index (χ1) is 10.1. The van der Waals surface area contributed by atoms with E-state index in [2.05, 4.69) is 18.5 Å². The van der Waals surface area contributed by atoms with Gasteiger partial charge in [-0.3, -0.25) is 10.1 Å². The van der Waals surface area contributed by atoms with Crippen LogP contribution in [0.15, 0.2) is 10.7 Å². The number of unbranched alkanes of at least 4 members (excludes halogenated alkanes) is 1. The number of thioether (sulfide) groups is 1. The number of esters is 1. The van der Waals surface area contributed by atoms with Crippen LogP contribution in [-0.4, -0.2) is 47.6 Å². The quantitative estimate of drug-likeness (QED) is 0.239. The van der Waals surface area contributed by atoms with Crippen molar-refractivity contribution in [2.75, 3.05) is 36.7 Å². The van der Waals surface area contributed by atoms with Gasteiger partial charge in [-0.25, -0.2) is 4.79 Å². The summed E-state index contributed by atoms with van der Waals surface area (Å²) in [6, 6.07) is 0. The van der Waals surface area contributed by atoms with Gasteiger partial charge < -0.3 is 10.1 Å². The maximum Gasteiger partial charge on any atom is 0.412 e. The molecule has 1 rings (SSSR count). The van der Waals surface area contributed by atoms with Crippen molar-refractivity contribution in [2.24, 2.45) is 0 Å². The van der Waals surface area contributed by atoms with Gasteiger partial charge in [0.15, 0.2) is 5.03 Å². The van der Waals surface area contributed by atoms with Crippen LogP contribution in [-0.2, 0) is 20.4 Å². The minimum absolute atomic E-state index is 0.201. The third kappa shape index (κ3) is 6.60. The van der Waals surface area contributed by atoms with Gasteiger partial charge in [-0.2, -0.15) is 0 Å². The number of carbonyl (C=O) groups is 1. The van der Waals surface area contributed by atoms with Gasteiger partial charge >= 0.3 is 11.7 Å². The summed E-state index contributed by atoms with van der Waals surface area (Å²) in [5.74, 6) is 1.84. The fourth-order valence-corrected chi connectivity index (χ4v) is 4.08. The lowest BCUT2D eigenvalue weighted by Crippen LogP contribution is -2.27. The highest BCUT2D eigenvalue weighted by Gasteiger charge is 2.31. The summed E-state index contributed by atoms with van der Waals surface area (Å²) in [7, 11) is 0.201. The van der Waals surface area contributed by atoms with Gasteiger partial charge in [-0.15, -0.1) is 11.8 Å². The molecule has 0 aromatic heterocycles. The molecule has 0 aromatic carbocycles. The van der Waals surface area contributed by atoms with Crippen molar-refractivity contribution in [3.63, 3.8) is 0 Å². The SMILES string of the molecule is CCCC[S+](C)CCOC(=O)C(=C1NCCCS1)[N+](=O)[O-]. The molecule has 8 heteroatoms. The predicted molar refractivity (Wildman–Crippen MR) is 88.0 cm³/mol. The minimum atomic E-state index is -0.829. The Hall–Kier alpha value is -0.890. The van der Waals surface area contributed by atoms with Gasteiger partial charge in [0.25, 0.3) is 0 Å². The molecule has 1 atom stereocenters. The molecule has 0 spiro atoms. The molecule has 0 aromatic rings. The maximum atomic E-state index is 11.9. The molecule has 21 heavy (non-hydrogen) atoms. The molecule has 120 valence electrons. The second-order valence-electron chi connectivity index (χ2n) is 4.74. The van der Waals surface area contributed by atoms with Crippen LogP contribution in [0, 0.1) is 10.1 Å². The van der Waals surface area contributed by atoms with E-state index < -0.39 is 16.6 Å². The van der Waals surface area contributed by atoms with E-state index in [0.29, 0.717) is 11.6 Å². The Balaban J connectivity index is 2.49. The highest BCUT2D eigenvalue weighted by molar-refractivity contribution is 8.03. The lowest BCUT2D eigenvalue weighted by Gasteiger charge is -2.15. The molecule has 6 nitrogen and oxygen atoms in total. The molecular weight excluding hydrogens is 312 g/mol. The van der Waals surface area contributed by atoms with Crippen LogP contribution in [0.4, 0.5) is 0 Å². The van der Waals surface area contributed by atoms with Crippen molar-refractivity contribution in [2.45, 2.75) is 26.2 Å². The van der Waals surface area contributed by atoms with E-state index in [1.165, 1.54) is 11.8 Å². The van der Waals surface area contributed by atoms with E-state index in [4.69, 9.17) is 4.74 Å². The van der Waals surface area contributed by atoms with Crippen LogP contribution in [0.1, 0.15) is 26.2 Å². The monoisotopic (exact) mass is 335 g/mol. The van der Waals surface area contributed by atoms with E-state index in [1.807, 2.05) is 0 Å². The molecule has 1 heterocycles. The van der Waals surface area contributed by atoms with Crippen LogP contribution in [0.25, 0.3) is 0 Å². The van der Waals surface area contributed by atoms with Crippen molar-refractivity contribution >= 4 is 28.6 Å². The molecule has 0 saturated carbocycles. The molecular formula is C13H23N2O4S2+. The van der Waals surface area contributed by atoms with Crippen LogP contribution >= 0.6 is 11.8 Å². The van der Waals surface area contributed by atoms with Crippen molar-refractivity contribution in [3.05, 3.63) is 20.8 Å². The zero-order chi connectivity index (χ0) is 15.7. The maximum absolute atomic E-state index is 11.9. The molecule has 0 radical (unpaired) electrons. The first-order valence-electron chi connectivity index (χ1n) is 7.07. The van der Waals surface area contributed by atoms with E-state index in [0.717, 1.165) is 36.5 Å². The van der Waals surface area contributed by atoms with Crippen LogP contribution in [0.3, 0.4) is 0 Å². The first-order valence-corrected chi connectivity index (χ1v) is 10.0. The summed E-state index contributed by atoms with van der Waals surface area (Å²) in [6.45, 7) is 3.04. The summed E-state index contributed by atoms with van der Waals surface area (Å²) < 4.78 is 5.08. The molecule has 1 saturated heterocycles. The lowest BCUT2D eigenvalue weighted by atomic mass is 10.4. The number of rotatable bonds is 8. The Morgan fingerprint density at radius 1 is 1.52 bits per heavy atom. The topological polar surface area (TPSA) is 81.5 Å². The van der Waals surface area contributed by atoms with Crippen molar-refractivity contribution in [1.29, 1.82) is 0 Å². The van der Waals surface area contributed by atoms with Crippen LogP contribution in [0.5, 0.6) is 0 Å². The number of hydrogen-bond donors (Lipinski definition) is 1. The highest BCUT2D eigenvalue weighted by atomic mass is 32.2. The summed E-state index contributed by atoms with van der Waals surface area (Å²) in [5.41, 5.74) is -0.454. The van der Waals surface area contributed by atoms with Gasteiger partial charge in [0, 0.05) is 12.3 Å². The average Bonchev–Trinajstić information content (AvgIpc) is 2.46. The number of nitrogens with one attached hydrogen (secondary N) is 1. The predicted octanol–water partition coefficient (Wildman–Crippen LogP) is 1.75. The Bertz CT molecular complexity index is 394. The van der Waals surface area contributed by atoms with Gasteiger partial charge in [0.05, 0.1) is 11.2 Å². The number of carbonyl (C=O) groups excluding carboxylic acids is 1. The third-order valence-electron chi connectivity index (χ3n) is 2.96. The number of ether oxygens (including phenoxy) is 1. The van der Waals surface area contributed by atoms with Gasteiger partial charge in [-0.05, 0) is 23.7 Å². The summed E-state index contributed by atoms with van der Waals surface area (Å²) in [4.78, 5) is 22.3. The third-order valence-corrected chi connectivity index (χ3v) is 5.92. The van der Waals surface area contributed by atoms with Crippen LogP contribution < -0.4 is 5.32 Å². The largest absolute Gasteiger partial charge is 0.452 e. The van der Waals surface area contributed by atoms with Crippen LogP contribution in [0.2, 0.25) is 0 Å². The summed E-state index contributed by atoms with van der Waals surface area (Å²) in [6.07, 6.45) is 5.38. The van der Waals surface area contributed by atoms with Gasteiger partial charge in [0.2, 0.25) is 0 Å². The number of hydrogen-bond acceptors (Lipinski definition) is 6. The molecule has 0 amide bonds. The van der Waals surface area contributed by atoms with E-state index >= 15 is 0 Å². The first kappa shape index (κ1) is 18.2. The molecule has 1 fully saturated rings. The lowest BCUT2D eigenvalue weighted by molar-refractivity contribution is -0.422. The second-order valence-corrected chi connectivity index (χ2v) is 8.23. The zero-order valence-corrected chi connectivity index (χ0v) is 14.2. The molecule has 0 aliphatic carbocycles. The fourth-order valence-electron chi connectivity index (χ4n) is 1.74. The Morgan fingerprint density at radius 3 is 2.86 bits per heavy atom. The Kier molecular flexibility index (Phi) is 8.60. The molecule has 1 N–H and O–H groups in total. The number of nitro groups is 1. The Morgan fingerprint density at radius 2 is 2.29 bits per heavy atom. The van der Waals surface area contributed by atoms with Crippen molar-refractivity contribution in [3.8, 4) is 0 Å². The minimum Gasteiger partial charge on any atom is -0.452 e. The van der Waals surface area contributed by atoms with Gasteiger partial charge in [-0.1, -0.05) is 13.3 Å². The summed E-state index contributed by atoms with van der Waals surface area (Å²) in [5, 5.41) is 14.3. The second kappa shape index (κ2) is 9.94. The molecule has 1 aliphatic heterocycles. The van der Waals surface area contributed by atoms with E-state index in [-0.39, 0.29) is 17.5 Å². The average molecular weight is 335 g/mol. The fraction of sp³-hybridized carbons (Fsp3) is 0.769. The highest BCUT2D eigenvalue weighted by Crippen LogP contribution is 2.22. The summed E-state index contributed by atoms with van der Waals surface area (Å²) >= 11 is 1.31. The van der Waals surface area contributed by atoms with Crippen molar-refractivity contribution in [1.82, 2.24) is 5.32 Å². The van der Waals surface area contributed by atoms with E-state index in [1.54, 1.807) is 0 Å². The number of nitrogens with zero attached hydrogens (tertiary/aromatic N) is 1. The Labute approximate surface area is 132 Å². The van der Waals surface area contributed by atoms with E-state index in [9.17, 15) is 14.9 Å². The standard InChI is InChI=1S/C13H22N2O4S2/c1-3-4-9-21(2)10-7-19-13(16)11(15(17)18)12-14-6-5-8-20-12/h3-10H2,1-2H3/p+1. The normalized spacial score (nSPS) is 18.6. The zero-order valence-electron chi connectivity index (χ0n) is 12.6. The molecule has 1 unspecified atom stereocenters. The van der Waals surface area contributed by atoms with Crippen molar-refractivity contribution < 1.29 is 14.5 Å². The molecule has 0 bridgehead atoms. The smallest absolute Gasteiger partial charge is 0.412 e.